The predicted molar refractivity (Wildman–Crippen MR) is 225 cm³/mol. The highest BCUT2D eigenvalue weighted by atomic mass is 16.5. The fraction of sp³-hybridized carbons (Fsp3) is 0.341. The Morgan fingerprint density at radius 1 is 0.783 bits per heavy atom. The van der Waals surface area contributed by atoms with E-state index in [2.05, 4.69) is 64.9 Å². The minimum Gasteiger partial charge on any atom is -0.494 e. The van der Waals surface area contributed by atoms with Crippen LogP contribution in [0.2, 0.25) is 0 Å². The van der Waals surface area contributed by atoms with Crippen LogP contribution in [0.25, 0.3) is 22.0 Å². The molecule has 7 heterocycles. The molecule has 10 rings (SSSR count). The van der Waals surface area contributed by atoms with Crippen molar-refractivity contribution in [3.63, 3.8) is 0 Å². The Labute approximate surface area is 345 Å². The number of ether oxygens (including phenoxy) is 2. The largest absolute Gasteiger partial charge is 0.494 e. The number of carbonyl (C=O) groups is 4. The van der Waals surface area contributed by atoms with Crippen molar-refractivity contribution in [3.05, 3.63) is 84.2 Å². The Morgan fingerprint density at radius 2 is 1.55 bits per heavy atom. The van der Waals surface area contributed by atoms with Crippen LogP contribution < -0.4 is 35.2 Å². The van der Waals surface area contributed by atoms with Crippen LogP contribution in [-0.4, -0.2) is 120 Å². The monoisotopic (exact) mass is 808 g/mol. The topological polar surface area (TPSA) is 174 Å². The van der Waals surface area contributed by atoms with Gasteiger partial charge >= 0.3 is 0 Å². The summed E-state index contributed by atoms with van der Waals surface area (Å²) in [6.45, 7) is 6.60. The van der Waals surface area contributed by atoms with Crippen LogP contribution >= 0.6 is 0 Å². The van der Waals surface area contributed by atoms with E-state index in [1.54, 1.807) is 25.4 Å². The molecule has 16 heteroatoms. The summed E-state index contributed by atoms with van der Waals surface area (Å²) in [5.41, 5.74) is 6.92. The smallest absolute Gasteiger partial charge is 0.262 e. The van der Waals surface area contributed by atoms with E-state index < -0.39 is 23.8 Å². The van der Waals surface area contributed by atoms with Crippen LogP contribution in [0.5, 0.6) is 11.6 Å². The van der Waals surface area contributed by atoms with Gasteiger partial charge in [0, 0.05) is 98.7 Å². The number of methoxy groups -OCH3 is 1. The standard InChI is InChI=1S/C44H44N10O6/c1-59-39-34(25-46-41-38(39)45-14-21-60-41)26-2-3-27-24-47-44(49-35(27)22-26)48-28-4-6-29(7-5-28)51-15-12-30(13-16-51)52-17-19-53(20-18-52)31-8-9-32-33(23-31)43(58)54(42(32)57)36-10-11-37(55)50-40(36)56/h2-9,22-25,30,36,45H,10-21H2,1H3,(H,47,48,49)(H,50,55,56). The summed E-state index contributed by atoms with van der Waals surface area (Å²) in [4.78, 5) is 72.9. The minimum atomic E-state index is -0.970. The van der Waals surface area contributed by atoms with Crippen molar-refractivity contribution in [2.75, 3.05) is 80.0 Å². The van der Waals surface area contributed by atoms with Gasteiger partial charge in [-0.2, -0.15) is 0 Å². The summed E-state index contributed by atoms with van der Waals surface area (Å²) < 4.78 is 11.5. The van der Waals surface area contributed by atoms with E-state index in [1.165, 1.54) is 5.69 Å². The lowest BCUT2D eigenvalue weighted by molar-refractivity contribution is -0.136. The molecule has 60 heavy (non-hydrogen) atoms. The SMILES string of the molecule is COc1c(-c2ccc3cnc(Nc4ccc(N5CCC(N6CCN(c7ccc8c(c7)C(=O)N(C7CCC(=O)NC7=O)C8=O)CC6)CC5)cc4)nc3c2)cnc2c1NCCO2. The van der Waals surface area contributed by atoms with E-state index in [0.717, 1.165) is 96.1 Å². The van der Waals surface area contributed by atoms with Gasteiger partial charge in [0.2, 0.25) is 23.6 Å². The zero-order valence-electron chi connectivity index (χ0n) is 33.1. The van der Waals surface area contributed by atoms with E-state index in [0.29, 0.717) is 47.9 Å². The third-order valence-corrected chi connectivity index (χ3v) is 12.3. The number of imide groups is 2. The summed E-state index contributed by atoms with van der Waals surface area (Å²) in [5.74, 6) is -0.219. The van der Waals surface area contributed by atoms with Crippen LogP contribution in [0.15, 0.2) is 73.1 Å². The van der Waals surface area contributed by atoms with Gasteiger partial charge in [0.05, 0.1) is 23.8 Å². The second-order valence-electron chi connectivity index (χ2n) is 15.7. The molecule has 3 N–H and O–H groups in total. The molecule has 5 aliphatic heterocycles. The number of amides is 4. The maximum absolute atomic E-state index is 13.4. The number of fused-ring (bicyclic) bond motifs is 3. The lowest BCUT2D eigenvalue weighted by Crippen LogP contribution is -2.54. The van der Waals surface area contributed by atoms with Crippen molar-refractivity contribution in [1.82, 2.24) is 30.1 Å². The average Bonchev–Trinajstić information content (AvgIpc) is 3.53. The van der Waals surface area contributed by atoms with Gasteiger partial charge in [0.25, 0.3) is 11.8 Å². The Morgan fingerprint density at radius 3 is 2.33 bits per heavy atom. The van der Waals surface area contributed by atoms with Gasteiger partial charge in [-0.1, -0.05) is 12.1 Å². The molecule has 3 fully saturated rings. The van der Waals surface area contributed by atoms with Crippen molar-refractivity contribution in [1.29, 1.82) is 0 Å². The molecule has 16 nitrogen and oxygen atoms in total. The second-order valence-corrected chi connectivity index (χ2v) is 15.7. The summed E-state index contributed by atoms with van der Waals surface area (Å²) in [6.07, 6.45) is 5.96. The number of anilines is 5. The predicted octanol–water partition coefficient (Wildman–Crippen LogP) is 4.44. The fourth-order valence-electron chi connectivity index (χ4n) is 9.11. The molecule has 0 spiro atoms. The van der Waals surface area contributed by atoms with Crippen LogP contribution in [0.1, 0.15) is 46.4 Å². The van der Waals surface area contributed by atoms with E-state index in [9.17, 15) is 19.2 Å². The van der Waals surface area contributed by atoms with Crippen molar-refractivity contribution in [2.24, 2.45) is 0 Å². The van der Waals surface area contributed by atoms with E-state index in [-0.39, 0.29) is 18.7 Å². The van der Waals surface area contributed by atoms with Gasteiger partial charge in [0.15, 0.2) is 5.75 Å². The number of piperazine rings is 1. The number of aromatic nitrogens is 3. The van der Waals surface area contributed by atoms with Gasteiger partial charge in [-0.15, -0.1) is 0 Å². The van der Waals surface area contributed by atoms with Crippen molar-refractivity contribution < 1.29 is 28.7 Å². The molecular weight excluding hydrogens is 765 g/mol. The average molecular weight is 809 g/mol. The molecule has 306 valence electrons. The summed E-state index contributed by atoms with van der Waals surface area (Å²) in [6, 6.07) is 19.3. The molecule has 4 amide bonds. The highest BCUT2D eigenvalue weighted by Gasteiger charge is 2.45. The van der Waals surface area contributed by atoms with Gasteiger partial charge in [0.1, 0.15) is 18.3 Å². The summed E-state index contributed by atoms with van der Waals surface area (Å²) in [5, 5.41) is 9.90. The van der Waals surface area contributed by atoms with E-state index in [4.69, 9.17) is 14.5 Å². The summed E-state index contributed by atoms with van der Waals surface area (Å²) >= 11 is 0. The van der Waals surface area contributed by atoms with E-state index in [1.807, 2.05) is 30.5 Å². The van der Waals surface area contributed by atoms with Crippen LogP contribution in [0.3, 0.4) is 0 Å². The third-order valence-electron chi connectivity index (χ3n) is 12.3. The molecule has 1 atom stereocenters. The molecule has 1 unspecified atom stereocenters. The molecule has 3 saturated heterocycles. The number of rotatable bonds is 8. The molecular formula is C44H44N10O6. The van der Waals surface area contributed by atoms with Gasteiger partial charge in [-0.3, -0.25) is 34.3 Å². The Hall–Kier alpha value is -6.81. The first-order valence-electron chi connectivity index (χ1n) is 20.5. The van der Waals surface area contributed by atoms with Gasteiger partial charge in [-0.05, 0) is 73.4 Å². The third kappa shape index (κ3) is 6.85. The molecule has 0 radical (unpaired) electrons. The first-order valence-corrected chi connectivity index (χ1v) is 20.5. The highest BCUT2D eigenvalue weighted by Crippen LogP contribution is 2.42. The van der Waals surface area contributed by atoms with Crippen molar-refractivity contribution in [2.45, 2.75) is 37.8 Å². The first kappa shape index (κ1) is 37.5. The minimum absolute atomic E-state index is 0.0950. The Balaban J connectivity index is 0.729. The number of piperidine rings is 2. The zero-order chi connectivity index (χ0) is 40.9. The molecule has 2 aromatic heterocycles. The molecule has 5 aliphatic rings. The normalized spacial score (nSPS) is 19.8. The van der Waals surface area contributed by atoms with Gasteiger partial charge in [-0.25, -0.2) is 15.0 Å². The van der Waals surface area contributed by atoms with Crippen LogP contribution in [-0.2, 0) is 9.59 Å². The maximum atomic E-state index is 13.4. The van der Waals surface area contributed by atoms with Crippen molar-refractivity contribution >= 4 is 63.2 Å². The molecule has 3 aromatic carbocycles. The number of pyridine rings is 1. The van der Waals surface area contributed by atoms with Crippen LogP contribution in [0, 0.1) is 0 Å². The lowest BCUT2D eigenvalue weighted by atomic mass is 10.0. The van der Waals surface area contributed by atoms with Crippen LogP contribution in [0.4, 0.5) is 28.7 Å². The highest BCUT2D eigenvalue weighted by molar-refractivity contribution is 6.23. The lowest BCUT2D eigenvalue weighted by Gasteiger charge is -2.44. The maximum Gasteiger partial charge on any atom is 0.262 e. The fourth-order valence-corrected chi connectivity index (χ4v) is 9.11. The van der Waals surface area contributed by atoms with Gasteiger partial charge < -0.3 is 29.9 Å². The van der Waals surface area contributed by atoms with Crippen molar-refractivity contribution in [3.8, 4) is 22.8 Å². The molecule has 0 saturated carbocycles. The number of hydrogen-bond donors (Lipinski definition) is 3. The number of nitrogens with zero attached hydrogens (tertiary/aromatic N) is 7. The number of hydrogen-bond acceptors (Lipinski definition) is 14. The summed E-state index contributed by atoms with van der Waals surface area (Å²) in [7, 11) is 1.65. The molecule has 5 aromatic rings. The number of carbonyl (C=O) groups excluding carboxylic acids is 4. The molecule has 0 aliphatic carbocycles. The second kappa shape index (κ2) is 15.4. The first-order chi connectivity index (χ1) is 29.3. The number of benzene rings is 3. The molecule has 0 bridgehead atoms. The Bertz CT molecular complexity index is 2530. The van der Waals surface area contributed by atoms with E-state index >= 15 is 0 Å². The quantitative estimate of drug-likeness (QED) is 0.188. The number of nitrogens with one attached hydrogen (secondary N) is 3. The Kier molecular flexibility index (Phi) is 9.62. The zero-order valence-corrected chi connectivity index (χ0v) is 33.1.